The van der Waals surface area contributed by atoms with Crippen molar-refractivity contribution in [2.24, 2.45) is 5.10 Å². The molecule has 0 saturated carbocycles. The second-order valence-corrected chi connectivity index (χ2v) is 6.24. The van der Waals surface area contributed by atoms with E-state index in [0.29, 0.717) is 22.1 Å². The number of aromatic nitrogens is 3. The third-order valence-corrected chi connectivity index (χ3v) is 4.47. The minimum absolute atomic E-state index is 0.392. The molecule has 0 bridgehead atoms. The van der Waals surface area contributed by atoms with Crippen molar-refractivity contribution in [3.63, 3.8) is 0 Å². The number of ether oxygens (including phenoxy) is 2. The fourth-order valence-electron chi connectivity index (χ4n) is 2.28. The average Bonchev–Trinajstić information content (AvgIpc) is 3.00. The van der Waals surface area contributed by atoms with Gasteiger partial charge in [-0.05, 0) is 42.5 Å². The normalized spacial score (nSPS) is 11.0. The van der Waals surface area contributed by atoms with Gasteiger partial charge in [-0.2, -0.15) is 14.9 Å². The van der Waals surface area contributed by atoms with Crippen LogP contribution in [0, 0.1) is 4.77 Å². The quantitative estimate of drug-likeness (QED) is 0.496. The first kappa shape index (κ1) is 17.4. The van der Waals surface area contributed by atoms with Gasteiger partial charge in [0.05, 0.1) is 20.4 Å². The van der Waals surface area contributed by atoms with Crippen LogP contribution in [0.25, 0.3) is 11.4 Å². The van der Waals surface area contributed by atoms with Crippen LogP contribution in [0.5, 0.6) is 11.5 Å². The fourth-order valence-corrected chi connectivity index (χ4v) is 2.92. The topological polar surface area (TPSA) is 64.4 Å². The molecule has 3 aromatic rings. The number of nitrogens with one attached hydrogen (secondary N) is 1. The summed E-state index contributed by atoms with van der Waals surface area (Å²) in [5, 5.41) is 11.5. The largest absolute Gasteiger partial charge is 0.497 e. The molecule has 1 N–H and O–H groups in total. The number of methoxy groups -OCH3 is 2. The van der Waals surface area contributed by atoms with Crippen LogP contribution in [-0.2, 0) is 0 Å². The van der Waals surface area contributed by atoms with E-state index in [0.717, 1.165) is 15.6 Å². The Kier molecular flexibility index (Phi) is 5.30. The number of hydrogen-bond acceptors (Lipinski definition) is 5. The van der Waals surface area contributed by atoms with Crippen molar-refractivity contribution in [1.29, 1.82) is 0 Å². The Morgan fingerprint density at radius 2 is 2.00 bits per heavy atom. The molecule has 6 nitrogen and oxygen atoms in total. The van der Waals surface area contributed by atoms with Gasteiger partial charge in [0.15, 0.2) is 5.82 Å². The van der Waals surface area contributed by atoms with Crippen molar-refractivity contribution < 1.29 is 9.47 Å². The summed E-state index contributed by atoms with van der Waals surface area (Å²) >= 11 is 8.83. The van der Waals surface area contributed by atoms with Crippen molar-refractivity contribution >= 4 is 34.4 Å². The van der Waals surface area contributed by atoms with Gasteiger partial charge >= 0.3 is 0 Å². The lowest BCUT2D eigenvalue weighted by molar-refractivity contribution is 0.402. The highest BCUT2D eigenvalue weighted by Crippen LogP contribution is 2.27. The van der Waals surface area contributed by atoms with E-state index >= 15 is 0 Å². The minimum atomic E-state index is 0.392. The van der Waals surface area contributed by atoms with Crippen LogP contribution in [-0.4, -0.2) is 35.3 Å². The fraction of sp³-hybridized carbons (Fsp3) is 0.118. The Morgan fingerprint density at radius 1 is 1.20 bits per heavy atom. The molecule has 25 heavy (non-hydrogen) atoms. The smallest absolute Gasteiger partial charge is 0.216 e. The van der Waals surface area contributed by atoms with E-state index in [1.54, 1.807) is 25.1 Å². The lowest BCUT2D eigenvalue weighted by atomic mass is 10.2. The van der Waals surface area contributed by atoms with E-state index in [1.165, 1.54) is 0 Å². The number of rotatable bonds is 5. The van der Waals surface area contributed by atoms with Crippen LogP contribution in [0.15, 0.2) is 52.0 Å². The van der Waals surface area contributed by atoms with E-state index in [2.05, 4.69) is 31.2 Å². The van der Waals surface area contributed by atoms with Crippen LogP contribution in [0.1, 0.15) is 5.56 Å². The molecular weight excluding hydrogens is 404 g/mol. The highest BCUT2D eigenvalue weighted by Gasteiger charge is 2.11. The molecule has 0 aliphatic rings. The summed E-state index contributed by atoms with van der Waals surface area (Å²) in [5.74, 6) is 2.00. The summed E-state index contributed by atoms with van der Waals surface area (Å²) in [4.78, 5) is 0. The molecule has 3 rings (SSSR count). The van der Waals surface area contributed by atoms with E-state index in [1.807, 2.05) is 42.5 Å². The second kappa shape index (κ2) is 7.62. The summed E-state index contributed by atoms with van der Waals surface area (Å²) in [6, 6.07) is 13.2. The van der Waals surface area contributed by atoms with Crippen LogP contribution in [0.2, 0.25) is 0 Å². The maximum atomic E-state index is 5.37. The highest BCUT2D eigenvalue weighted by atomic mass is 79.9. The summed E-state index contributed by atoms with van der Waals surface area (Å²) in [6.45, 7) is 0. The molecule has 0 atom stereocenters. The Hall–Kier alpha value is -2.45. The number of nitrogens with zero attached hydrogens (tertiary/aromatic N) is 3. The van der Waals surface area contributed by atoms with Gasteiger partial charge in [0, 0.05) is 15.6 Å². The number of halogens is 1. The first-order chi connectivity index (χ1) is 12.1. The zero-order valence-electron chi connectivity index (χ0n) is 13.6. The maximum Gasteiger partial charge on any atom is 0.216 e. The number of aromatic amines is 1. The third kappa shape index (κ3) is 3.64. The van der Waals surface area contributed by atoms with Crippen LogP contribution in [0.3, 0.4) is 0 Å². The van der Waals surface area contributed by atoms with Gasteiger partial charge in [0.2, 0.25) is 4.77 Å². The lowest BCUT2D eigenvalue weighted by Gasteiger charge is -2.07. The molecule has 128 valence electrons. The number of hydrogen-bond donors (Lipinski definition) is 1. The number of benzene rings is 2. The van der Waals surface area contributed by atoms with Crippen molar-refractivity contribution in [2.75, 3.05) is 14.2 Å². The van der Waals surface area contributed by atoms with Gasteiger partial charge < -0.3 is 9.47 Å². The molecule has 0 aliphatic heterocycles. The van der Waals surface area contributed by atoms with Crippen LogP contribution >= 0.6 is 28.1 Å². The highest BCUT2D eigenvalue weighted by molar-refractivity contribution is 9.10. The molecule has 1 heterocycles. The van der Waals surface area contributed by atoms with Gasteiger partial charge in [0.25, 0.3) is 0 Å². The zero-order valence-corrected chi connectivity index (χ0v) is 16.0. The Bertz CT molecular complexity index is 981. The molecule has 0 spiro atoms. The second-order valence-electron chi connectivity index (χ2n) is 5.00. The maximum absolute atomic E-state index is 5.37. The summed E-state index contributed by atoms with van der Waals surface area (Å²) in [6.07, 6.45) is 1.66. The Morgan fingerprint density at radius 3 is 2.72 bits per heavy atom. The van der Waals surface area contributed by atoms with Crippen molar-refractivity contribution in [1.82, 2.24) is 14.9 Å². The predicted octanol–water partition coefficient (Wildman–Crippen LogP) is 4.27. The van der Waals surface area contributed by atoms with E-state index in [9.17, 15) is 0 Å². The standard InChI is InChI=1S/C17H15BrN4O2S/c1-23-12-7-8-15(24-2)11(9-12)10-19-22-16(20-21-17(22)25)13-5-3-4-6-14(13)18/h3-10H,1-2H3,(H,21,25)/b19-10+. The van der Waals surface area contributed by atoms with E-state index < -0.39 is 0 Å². The van der Waals surface area contributed by atoms with Crippen LogP contribution < -0.4 is 9.47 Å². The number of H-pyrrole nitrogens is 1. The molecule has 0 amide bonds. The van der Waals surface area contributed by atoms with Crippen LogP contribution in [0.4, 0.5) is 0 Å². The van der Waals surface area contributed by atoms with E-state index in [4.69, 9.17) is 21.7 Å². The van der Waals surface area contributed by atoms with Gasteiger partial charge in [-0.15, -0.1) is 0 Å². The van der Waals surface area contributed by atoms with Gasteiger partial charge in [0.1, 0.15) is 11.5 Å². The molecule has 0 aliphatic carbocycles. The summed E-state index contributed by atoms with van der Waals surface area (Å²) in [5.41, 5.74) is 1.65. The van der Waals surface area contributed by atoms with Crippen molar-refractivity contribution in [3.8, 4) is 22.9 Å². The van der Waals surface area contributed by atoms with Crippen molar-refractivity contribution in [2.45, 2.75) is 0 Å². The predicted molar refractivity (Wildman–Crippen MR) is 103 cm³/mol. The Labute approximate surface area is 158 Å². The molecule has 0 saturated heterocycles. The first-order valence-electron chi connectivity index (χ1n) is 7.32. The van der Waals surface area contributed by atoms with Crippen molar-refractivity contribution in [3.05, 3.63) is 57.3 Å². The molecule has 2 aromatic carbocycles. The average molecular weight is 419 g/mol. The SMILES string of the molecule is COc1ccc(OC)c(/C=N/n2c(-c3ccccc3Br)n[nH]c2=S)c1. The molecule has 0 unspecified atom stereocenters. The third-order valence-electron chi connectivity index (χ3n) is 3.51. The monoisotopic (exact) mass is 418 g/mol. The summed E-state index contributed by atoms with van der Waals surface area (Å²) in [7, 11) is 3.22. The van der Waals surface area contributed by atoms with Gasteiger partial charge in [-0.3, -0.25) is 0 Å². The molecule has 0 fully saturated rings. The minimum Gasteiger partial charge on any atom is -0.497 e. The molecule has 1 aromatic heterocycles. The van der Waals surface area contributed by atoms with E-state index in [-0.39, 0.29) is 0 Å². The molecule has 8 heteroatoms. The van der Waals surface area contributed by atoms with Gasteiger partial charge in [-0.1, -0.05) is 28.1 Å². The first-order valence-corrected chi connectivity index (χ1v) is 8.53. The molecule has 0 radical (unpaired) electrons. The van der Waals surface area contributed by atoms with Gasteiger partial charge in [-0.25, -0.2) is 5.10 Å². The zero-order chi connectivity index (χ0) is 17.8. The molecular formula is C17H15BrN4O2S. The lowest BCUT2D eigenvalue weighted by Crippen LogP contribution is -1.97. The Balaban J connectivity index is 2.05. The summed E-state index contributed by atoms with van der Waals surface area (Å²) < 4.78 is 13.5.